The number of hydrogen-bond donors (Lipinski definition) is 2. The Bertz CT molecular complexity index is 567. The van der Waals surface area contributed by atoms with Crippen LogP contribution in [0.4, 0.5) is 0 Å². The first kappa shape index (κ1) is 19.6. The molecule has 5 nitrogen and oxygen atoms in total. The maximum atomic E-state index is 12.2. The number of carbonyl (C=O) groups excluding carboxylic acids is 1. The van der Waals surface area contributed by atoms with Gasteiger partial charge in [0.2, 0.25) is 12.7 Å². The number of fused-ring (bicyclic) bond motifs is 1. The summed E-state index contributed by atoms with van der Waals surface area (Å²) in [5, 5.41) is 2.96. The van der Waals surface area contributed by atoms with Gasteiger partial charge in [-0.1, -0.05) is 40.7 Å². The van der Waals surface area contributed by atoms with Gasteiger partial charge >= 0.3 is 0 Å². The average Bonchev–Trinajstić information content (AvgIpc) is 2.90. The van der Waals surface area contributed by atoms with Gasteiger partial charge in [0.15, 0.2) is 11.5 Å². The molecule has 6 heteroatoms. The van der Waals surface area contributed by atoms with Crippen molar-refractivity contribution in [1.82, 2.24) is 5.32 Å². The van der Waals surface area contributed by atoms with Crippen LogP contribution in [0, 0.1) is 5.41 Å². The van der Waals surface area contributed by atoms with Gasteiger partial charge in [0.05, 0.1) is 6.04 Å². The quantitative estimate of drug-likeness (QED) is 0.882. The van der Waals surface area contributed by atoms with Crippen LogP contribution in [0.5, 0.6) is 11.5 Å². The zero-order valence-corrected chi connectivity index (χ0v) is 15.3. The largest absolute Gasteiger partial charge is 0.454 e. The van der Waals surface area contributed by atoms with Crippen molar-refractivity contribution < 1.29 is 14.3 Å². The molecule has 0 aliphatic carbocycles. The second-order valence-corrected chi connectivity index (χ2v) is 7.51. The standard InChI is InChI=1S/C17H26N2O3.ClH/c1-16(2,3)14(18)15(20)19-9-17(4,5)11-6-7-12-13(8-11)22-10-21-12;/h6-8,14H,9-10,18H2,1-5H3,(H,19,20);1H/t14-;/m1./s1. The molecule has 0 spiro atoms. The van der Waals surface area contributed by atoms with E-state index in [1.165, 1.54) is 0 Å². The Morgan fingerprint density at radius 1 is 1.22 bits per heavy atom. The second-order valence-electron chi connectivity index (χ2n) is 7.51. The van der Waals surface area contributed by atoms with Crippen LogP contribution >= 0.6 is 12.4 Å². The van der Waals surface area contributed by atoms with Gasteiger partial charge in [-0.25, -0.2) is 0 Å². The summed E-state index contributed by atoms with van der Waals surface area (Å²) in [6, 6.07) is 5.35. The topological polar surface area (TPSA) is 73.6 Å². The summed E-state index contributed by atoms with van der Waals surface area (Å²) < 4.78 is 10.7. The van der Waals surface area contributed by atoms with E-state index in [4.69, 9.17) is 15.2 Å². The van der Waals surface area contributed by atoms with Crippen LogP contribution in [0.25, 0.3) is 0 Å². The molecule has 0 unspecified atom stereocenters. The van der Waals surface area contributed by atoms with Crippen LogP contribution in [0.3, 0.4) is 0 Å². The highest BCUT2D eigenvalue weighted by atomic mass is 35.5. The summed E-state index contributed by atoms with van der Waals surface area (Å²) in [5.41, 5.74) is 6.59. The Labute approximate surface area is 144 Å². The van der Waals surface area contributed by atoms with Crippen molar-refractivity contribution in [2.75, 3.05) is 13.3 Å². The first-order valence-electron chi connectivity index (χ1n) is 7.55. The Hall–Kier alpha value is -1.46. The van der Waals surface area contributed by atoms with Crippen molar-refractivity contribution >= 4 is 18.3 Å². The van der Waals surface area contributed by atoms with E-state index in [0.717, 1.165) is 17.1 Å². The van der Waals surface area contributed by atoms with E-state index >= 15 is 0 Å². The number of benzene rings is 1. The van der Waals surface area contributed by atoms with Gasteiger partial charge in [-0.2, -0.15) is 0 Å². The monoisotopic (exact) mass is 342 g/mol. The fourth-order valence-electron chi connectivity index (χ4n) is 2.23. The minimum Gasteiger partial charge on any atom is -0.454 e. The Morgan fingerprint density at radius 3 is 2.43 bits per heavy atom. The lowest BCUT2D eigenvalue weighted by atomic mass is 9.83. The maximum absolute atomic E-state index is 12.2. The minimum atomic E-state index is -0.528. The van der Waals surface area contributed by atoms with E-state index in [0.29, 0.717) is 6.54 Å². The average molecular weight is 343 g/mol. The van der Waals surface area contributed by atoms with E-state index in [1.807, 2.05) is 39.0 Å². The third-order valence-corrected chi connectivity index (χ3v) is 4.07. The molecule has 130 valence electrons. The second kappa shape index (κ2) is 6.97. The molecule has 1 aliphatic heterocycles. The Balaban J connectivity index is 0.00000264. The number of nitrogens with one attached hydrogen (secondary N) is 1. The Morgan fingerprint density at radius 2 is 1.83 bits per heavy atom. The molecule has 1 amide bonds. The molecule has 23 heavy (non-hydrogen) atoms. The van der Waals surface area contributed by atoms with Crippen LogP contribution < -0.4 is 20.5 Å². The zero-order valence-electron chi connectivity index (χ0n) is 14.4. The molecule has 1 atom stereocenters. The first-order valence-corrected chi connectivity index (χ1v) is 7.55. The van der Waals surface area contributed by atoms with Crippen molar-refractivity contribution in [3.63, 3.8) is 0 Å². The van der Waals surface area contributed by atoms with Gasteiger partial charge in [0, 0.05) is 12.0 Å². The first-order chi connectivity index (χ1) is 10.1. The third-order valence-electron chi connectivity index (χ3n) is 4.07. The van der Waals surface area contributed by atoms with Crippen LogP contribution in [0.2, 0.25) is 0 Å². The highest BCUT2D eigenvalue weighted by molar-refractivity contribution is 5.85. The molecule has 1 aliphatic rings. The number of halogens is 1. The van der Waals surface area contributed by atoms with Crippen molar-refractivity contribution in [3.8, 4) is 11.5 Å². The highest BCUT2D eigenvalue weighted by Gasteiger charge is 2.30. The minimum absolute atomic E-state index is 0. The lowest BCUT2D eigenvalue weighted by Crippen LogP contribution is -2.50. The molecule has 0 aromatic heterocycles. The molecule has 1 aromatic rings. The number of rotatable bonds is 4. The van der Waals surface area contributed by atoms with Crippen LogP contribution in [-0.4, -0.2) is 25.3 Å². The van der Waals surface area contributed by atoms with Gasteiger partial charge in [0.25, 0.3) is 0 Å². The number of amides is 1. The molecule has 1 heterocycles. The lowest BCUT2D eigenvalue weighted by molar-refractivity contribution is -0.124. The van der Waals surface area contributed by atoms with E-state index in [1.54, 1.807) is 0 Å². The van der Waals surface area contributed by atoms with E-state index in [2.05, 4.69) is 19.2 Å². The highest BCUT2D eigenvalue weighted by Crippen LogP contribution is 2.36. The number of nitrogens with two attached hydrogens (primary N) is 1. The zero-order chi connectivity index (χ0) is 16.5. The summed E-state index contributed by atoms with van der Waals surface area (Å²) in [6.45, 7) is 10.8. The third kappa shape index (κ3) is 4.52. The van der Waals surface area contributed by atoms with Gasteiger partial charge in [-0.3, -0.25) is 4.79 Å². The van der Waals surface area contributed by atoms with E-state index < -0.39 is 6.04 Å². The fourth-order valence-corrected chi connectivity index (χ4v) is 2.23. The predicted molar refractivity (Wildman–Crippen MR) is 93.3 cm³/mol. The SMILES string of the molecule is CC(C)(CNC(=O)[C@@H](N)C(C)(C)C)c1ccc2c(c1)OCO2.Cl. The van der Waals surface area contributed by atoms with Gasteiger partial charge in [0.1, 0.15) is 0 Å². The summed E-state index contributed by atoms with van der Waals surface area (Å²) in [6.07, 6.45) is 0. The van der Waals surface area contributed by atoms with E-state index in [-0.39, 0.29) is 35.9 Å². The van der Waals surface area contributed by atoms with Crippen molar-refractivity contribution in [1.29, 1.82) is 0 Å². The van der Waals surface area contributed by atoms with Gasteiger partial charge in [-0.15, -0.1) is 12.4 Å². The molecule has 0 saturated carbocycles. The van der Waals surface area contributed by atoms with Crippen LogP contribution in [0.1, 0.15) is 40.2 Å². The maximum Gasteiger partial charge on any atom is 0.237 e. The molecular weight excluding hydrogens is 316 g/mol. The number of hydrogen-bond acceptors (Lipinski definition) is 4. The van der Waals surface area contributed by atoms with Crippen LogP contribution in [0.15, 0.2) is 18.2 Å². The molecule has 0 saturated heterocycles. The molecule has 0 radical (unpaired) electrons. The van der Waals surface area contributed by atoms with Crippen LogP contribution in [-0.2, 0) is 10.2 Å². The van der Waals surface area contributed by atoms with E-state index in [9.17, 15) is 4.79 Å². The molecule has 2 rings (SSSR count). The summed E-state index contributed by atoms with van der Waals surface area (Å²) in [4.78, 5) is 12.2. The molecule has 0 bridgehead atoms. The molecule has 0 fully saturated rings. The summed E-state index contributed by atoms with van der Waals surface area (Å²) in [5.74, 6) is 1.39. The summed E-state index contributed by atoms with van der Waals surface area (Å²) in [7, 11) is 0. The number of carbonyl (C=O) groups is 1. The van der Waals surface area contributed by atoms with Crippen molar-refractivity contribution in [3.05, 3.63) is 23.8 Å². The predicted octanol–water partition coefficient (Wildman–Crippen LogP) is 2.60. The van der Waals surface area contributed by atoms with Crippen molar-refractivity contribution in [2.45, 2.75) is 46.1 Å². The van der Waals surface area contributed by atoms with Crippen molar-refractivity contribution in [2.24, 2.45) is 11.1 Å². The molecule has 1 aromatic carbocycles. The lowest BCUT2D eigenvalue weighted by Gasteiger charge is -2.30. The number of ether oxygens (including phenoxy) is 2. The summed E-state index contributed by atoms with van der Waals surface area (Å²) >= 11 is 0. The fraction of sp³-hybridized carbons (Fsp3) is 0.588. The molecular formula is C17H27ClN2O3. The smallest absolute Gasteiger partial charge is 0.237 e. The van der Waals surface area contributed by atoms with Gasteiger partial charge in [-0.05, 0) is 23.1 Å². The Kier molecular flexibility index (Phi) is 5.94. The van der Waals surface area contributed by atoms with Gasteiger partial charge < -0.3 is 20.5 Å². The normalized spacial score (nSPS) is 14.9. The molecule has 3 N–H and O–H groups in total.